The van der Waals surface area contributed by atoms with Gasteiger partial charge in [-0.05, 0) is 75.4 Å². The van der Waals surface area contributed by atoms with E-state index in [-0.39, 0.29) is 0 Å². The quantitative estimate of drug-likeness (QED) is 0.818. The first-order valence-corrected chi connectivity index (χ1v) is 9.18. The van der Waals surface area contributed by atoms with Crippen molar-refractivity contribution in [2.45, 2.75) is 45.6 Å². The first-order chi connectivity index (χ1) is 11.7. The maximum atomic E-state index is 4.39. The molecule has 1 aliphatic rings. The number of nitrogens with zero attached hydrogens (tertiary/aromatic N) is 2. The van der Waals surface area contributed by atoms with Gasteiger partial charge in [-0.2, -0.15) is 0 Å². The topological polar surface area (TPSA) is 28.2 Å². The zero-order valence-electron chi connectivity index (χ0n) is 15.0. The zero-order valence-corrected chi connectivity index (χ0v) is 15.0. The van der Waals surface area contributed by atoms with Crippen LogP contribution < -0.4 is 10.2 Å². The molecular weight excluding hydrogens is 294 g/mol. The van der Waals surface area contributed by atoms with Gasteiger partial charge in [0.2, 0.25) is 0 Å². The van der Waals surface area contributed by atoms with Crippen LogP contribution in [0, 0.1) is 13.8 Å². The van der Waals surface area contributed by atoms with Crippen molar-refractivity contribution in [3.8, 4) is 0 Å². The number of aryl methyl sites for hydroxylation is 2. The summed E-state index contributed by atoms with van der Waals surface area (Å²) < 4.78 is 0. The molecule has 3 rings (SSSR count). The van der Waals surface area contributed by atoms with Crippen molar-refractivity contribution in [3.05, 3.63) is 59.4 Å². The second-order valence-corrected chi connectivity index (χ2v) is 6.86. The zero-order chi connectivity index (χ0) is 16.8. The number of nitrogens with one attached hydrogen (secondary N) is 1. The highest BCUT2D eigenvalue weighted by atomic mass is 15.1. The molecule has 0 atom stereocenters. The van der Waals surface area contributed by atoms with Crippen LogP contribution in [0.5, 0.6) is 0 Å². The number of pyridine rings is 1. The van der Waals surface area contributed by atoms with E-state index in [2.05, 4.69) is 59.4 Å². The van der Waals surface area contributed by atoms with Crippen molar-refractivity contribution in [3.63, 3.8) is 0 Å². The Bertz CT molecular complexity index is 631. The van der Waals surface area contributed by atoms with Crippen LogP contribution in [0.3, 0.4) is 0 Å². The molecule has 0 bridgehead atoms. The number of hydrogen-bond acceptors (Lipinski definition) is 3. The Morgan fingerprint density at radius 3 is 2.67 bits per heavy atom. The monoisotopic (exact) mass is 323 g/mol. The molecule has 1 aromatic carbocycles. The maximum absolute atomic E-state index is 4.39. The van der Waals surface area contributed by atoms with Crippen LogP contribution >= 0.6 is 0 Å². The van der Waals surface area contributed by atoms with Crippen LogP contribution in [-0.4, -0.2) is 30.7 Å². The number of benzene rings is 1. The van der Waals surface area contributed by atoms with Gasteiger partial charge in [0.1, 0.15) is 0 Å². The highest BCUT2D eigenvalue weighted by molar-refractivity contribution is 5.56. The molecule has 1 fully saturated rings. The van der Waals surface area contributed by atoms with Crippen LogP contribution in [-0.2, 0) is 6.42 Å². The number of aromatic nitrogens is 1. The summed E-state index contributed by atoms with van der Waals surface area (Å²) in [5, 5.41) is 3.74. The molecule has 2 heterocycles. The summed E-state index contributed by atoms with van der Waals surface area (Å²) in [5.74, 6) is 0. The van der Waals surface area contributed by atoms with Gasteiger partial charge in [-0.25, -0.2) is 0 Å². The van der Waals surface area contributed by atoms with E-state index in [1.165, 1.54) is 35.3 Å². The van der Waals surface area contributed by atoms with Gasteiger partial charge in [-0.15, -0.1) is 0 Å². The lowest BCUT2D eigenvalue weighted by Crippen LogP contribution is -2.43. The Balaban J connectivity index is 1.40. The summed E-state index contributed by atoms with van der Waals surface area (Å²) in [5.41, 5.74) is 5.44. The average Bonchev–Trinajstić information content (AvgIpc) is 2.63. The fraction of sp³-hybridized carbons (Fsp3) is 0.476. The van der Waals surface area contributed by atoms with E-state index in [1.807, 2.05) is 12.3 Å². The van der Waals surface area contributed by atoms with Gasteiger partial charge in [0.15, 0.2) is 0 Å². The average molecular weight is 323 g/mol. The molecule has 0 spiro atoms. The van der Waals surface area contributed by atoms with Gasteiger partial charge in [0.25, 0.3) is 0 Å². The fourth-order valence-corrected chi connectivity index (χ4v) is 3.52. The smallest absolute Gasteiger partial charge is 0.0404 e. The summed E-state index contributed by atoms with van der Waals surface area (Å²) in [6, 6.07) is 13.5. The standard InChI is InChI=1S/C21H29N3/c1-17-7-5-10-21(18(17)2)24-15-11-20(12-16-24)23-14-6-9-19-8-3-4-13-22-19/h3-5,7-8,10,13,20,23H,6,9,11-12,14-16H2,1-2H3. The first-order valence-electron chi connectivity index (χ1n) is 9.18. The SMILES string of the molecule is Cc1cccc(N2CCC(NCCCc3ccccn3)CC2)c1C. The lowest BCUT2D eigenvalue weighted by molar-refractivity contribution is 0.412. The minimum Gasteiger partial charge on any atom is -0.371 e. The molecule has 3 nitrogen and oxygen atoms in total. The molecule has 2 aromatic rings. The predicted octanol–water partition coefficient (Wildman–Crippen LogP) is 3.89. The number of rotatable bonds is 6. The largest absolute Gasteiger partial charge is 0.371 e. The highest BCUT2D eigenvalue weighted by Gasteiger charge is 2.20. The fourth-order valence-electron chi connectivity index (χ4n) is 3.52. The van der Waals surface area contributed by atoms with Crippen molar-refractivity contribution in [1.29, 1.82) is 0 Å². The molecular formula is C21H29N3. The predicted molar refractivity (Wildman–Crippen MR) is 102 cm³/mol. The third-order valence-electron chi connectivity index (χ3n) is 5.18. The van der Waals surface area contributed by atoms with Crippen LogP contribution in [0.2, 0.25) is 0 Å². The minimum atomic E-state index is 0.662. The summed E-state index contributed by atoms with van der Waals surface area (Å²) in [4.78, 5) is 6.94. The Hall–Kier alpha value is -1.87. The van der Waals surface area contributed by atoms with E-state index in [4.69, 9.17) is 0 Å². The van der Waals surface area contributed by atoms with Crippen molar-refractivity contribution < 1.29 is 0 Å². The van der Waals surface area contributed by atoms with Crippen molar-refractivity contribution in [2.75, 3.05) is 24.5 Å². The van der Waals surface area contributed by atoms with Crippen LogP contribution in [0.4, 0.5) is 5.69 Å². The van der Waals surface area contributed by atoms with Crippen molar-refractivity contribution >= 4 is 5.69 Å². The van der Waals surface area contributed by atoms with E-state index in [9.17, 15) is 0 Å². The summed E-state index contributed by atoms with van der Waals surface area (Å²) >= 11 is 0. The van der Waals surface area contributed by atoms with Gasteiger partial charge >= 0.3 is 0 Å². The normalized spacial score (nSPS) is 15.7. The van der Waals surface area contributed by atoms with Gasteiger partial charge < -0.3 is 10.2 Å². The third-order valence-corrected chi connectivity index (χ3v) is 5.18. The molecule has 1 aromatic heterocycles. The van der Waals surface area contributed by atoms with E-state index in [0.717, 1.165) is 32.5 Å². The lowest BCUT2D eigenvalue weighted by atomic mass is 10.0. The number of piperidine rings is 1. The molecule has 0 aliphatic carbocycles. The molecule has 24 heavy (non-hydrogen) atoms. The van der Waals surface area contributed by atoms with E-state index >= 15 is 0 Å². The van der Waals surface area contributed by atoms with Crippen LogP contribution in [0.25, 0.3) is 0 Å². The van der Waals surface area contributed by atoms with Gasteiger partial charge in [-0.1, -0.05) is 18.2 Å². The Kier molecular flexibility index (Phi) is 5.86. The summed E-state index contributed by atoms with van der Waals surface area (Å²) in [6.07, 6.45) is 6.57. The van der Waals surface area contributed by atoms with Crippen molar-refractivity contribution in [1.82, 2.24) is 10.3 Å². The van der Waals surface area contributed by atoms with Crippen LogP contribution in [0.1, 0.15) is 36.1 Å². The minimum absolute atomic E-state index is 0.662. The lowest BCUT2D eigenvalue weighted by Gasteiger charge is -2.35. The first kappa shape index (κ1) is 17.0. The number of hydrogen-bond donors (Lipinski definition) is 1. The van der Waals surface area contributed by atoms with Gasteiger partial charge in [0.05, 0.1) is 0 Å². The summed E-state index contributed by atoms with van der Waals surface area (Å²) in [6.45, 7) is 7.84. The molecule has 0 radical (unpaired) electrons. The van der Waals surface area contributed by atoms with E-state index in [1.54, 1.807) is 0 Å². The summed E-state index contributed by atoms with van der Waals surface area (Å²) in [7, 11) is 0. The van der Waals surface area contributed by atoms with Crippen molar-refractivity contribution in [2.24, 2.45) is 0 Å². The highest BCUT2D eigenvalue weighted by Crippen LogP contribution is 2.25. The Labute approximate surface area is 146 Å². The molecule has 1 N–H and O–H groups in total. The molecule has 0 amide bonds. The van der Waals surface area contributed by atoms with Crippen LogP contribution in [0.15, 0.2) is 42.6 Å². The van der Waals surface area contributed by atoms with E-state index < -0.39 is 0 Å². The molecule has 1 aliphatic heterocycles. The third kappa shape index (κ3) is 4.35. The second kappa shape index (κ2) is 8.29. The second-order valence-electron chi connectivity index (χ2n) is 6.86. The molecule has 128 valence electrons. The molecule has 3 heteroatoms. The Morgan fingerprint density at radius 1 is 1.08 bits per heavy atom. The van der Waals surface area contributed by atoms with Gasteiger partial charge in [0, 0.05) is 36.7 Å². The van der Waals surface area contributed by atoms with E-state index in [0.29, 0.717) is 6.04 Å². The molecule has 0 saturated carbocycles. The maximum Gasteiger partial charge on any atom is 0.0404 e. The Morgan fingerprint density at radius 2 is 1.92 bits per heavy atom. The molecule has 1 saturated heterocycles. The number of anilines is 1. The molecule has 0 unspecified atom stereocenters. The van der Waals surface area contributed by atoms with Gasteiger partial charge in [-0.3, -0.25) is 4.98 Å².